The third-order valence-electron chi connectivity index (χ3n) is 3.33. The molecule has 0 atom stereocenters. The van der Waals surface area contributed by atoms with Crippen LogP contribution in [0.5, 0.6) is 5.75 Å². The van der Waals surface area contributed by atoms with E-state index in [1.807, 2.05) is 0 Å². The van der Waals surface area contributed by atoms with Crippen LogP contribution in [0.15, 0.2) is 53.1 Å². The molecular weight excluding hydrogens is 363 g/mol. The highest BCUT2D eigenvalue weighted by atomic mass is 35.5. The van der Waals surface area contributed by atoms with Crippen LogP contribution in [-0.4, -0.2) is 15.6 Å². The van der Waals surface area contributed by atoms with E-state index in [0.29, 0.717) is 33.0 Å². The molecule has 0 radical (unpaired) electrons. The van der Waals surface area contributed by atoms with Gasteiger partial charge in [-0.05, 0) is 42.5 Å². The van der Waals surface area contributed by atoms with Gasteiger partial charge in [0.2, 0.25) is 5.78 Å². The van der Waals surface area contributed by atoms with Crippen molar-refractivity contribution < 1.29 is 13.9 Å². The monoisotopic (exact) mass is 376 g/mol. The molecule has 128 valence electrons. The molecule has 0 fully saturated rings. The van der Waals surface area contributed by atoms with Gasteiger partial charge in [0.15, 0.2) is 0 Å². The molecule has 0 unspecified atom stereocenters. The van der Waals surface area contributed by atoms with Crippen LogP contribution in [0, 0.1) is 0 Å². The Hall–Kier alpha value is -2.50. The van der Waals surface area contributed by atoms with Crippen LogP contribution in [-0.2, 0) is 13.7 Å². The number of benzene rings is 1. The van der Waals surface area contributed by atoms with Crippen molar-refractivity contribution in [3.8, 4) is 5.75 Å². The van der Waals surface area contributed by atoms with Crippen LogP contribution >= 0.6 is 23.2 Å². The number of furan rings is 1. The minimum atomic E-state index is -0.194. The van der Waals surface area contributed by atoms with Crippen LogP contribution < -0.4 is 4.74 Å². The van der Waals surface area contributed by atoms with Gasteiger partial charge in [0.05, 0.1) is 5.02 Å². The second-order valence-electron chi connectivity index (χ2n) is 5.22. The Labute approximate surface area is 154 Å². The van der Waals surface area contributed by atoms with E-state index in [2.05, 4.69) is 5.10 Å². The molecule has 0 bridgehead atoms. The second kappa shape index (κ2) is 7.59. The molecule has 3 rings (SSSR count). The number of hydrogen-bond acceptors (Lipinski definition) is 4. The number of ether oxygens (including phenoxy) is 1. The summed E-state index contributed by atoms with van der Waals surface area (Å²) in [6, 6.07) is 10.3. The molecular formula is C18H14Cl2N2O3. The zero-order valence-electron chi connectivity index (χ0n) is 13.3. The van der Waals surface area contributed by atoms with Gasteiger partial charge in [0.1, 0.15) is 34.6 Å². The number of aromatic nitrogens is 2. The molecule has 5 nitrogen and oxygen atoms in total. The lowest BCUT2D eigenvalue weighted by molar-refractivity contribution is 0.104. The molecule has 2 heterocycles. The van der Waals surface area contributed by atoms with Crippen molar-refractivity contribution in [2.45, 2.75) is 6.61 Å². The number of halogens is 2. The van der Waals surface area contributed by atoms with E-state index in [1.165, 1.54) is 6.08 Å². The summed E-state index contributed by atoms with van der Waals surface area (Å²) >= 11 is 12.0. The van der Waals surface area contributed by atoms with E-state index < -0.39 is 0 Å². The summed E-state index contributed by atoms with van der Waals surface area (Å²) in [5.41, 5.74) is 0.379. The molecule has 7 heteroatoms. The number of carbonyl (C=O) groups excluding carboxylic acids is 1. The SMILES string of the molecule is Cn1ccc(C(=O)/C=C/c2ccc(COc3cccc(Cl)c3Cl)o2)n1. The van der Waals surface area contributed by atoms with E-state index in [0.717, 1.165) is 0 Å². The van der Waals surface area contributed by atoms with Crippen LogP contribution in [0.2, 0.25) is 10.0 Å². The fourth-order valence-electron chi connectivity index (χ4n) is 2.10. The smallest absolute Gasteiger partial charge is 0.206 e. The van der Waals surface area contributed by atoms with Crippen molar-refractivity contribution in [3.05, 3.63) is 75.9 Å². The molecule has 0 amide bonds. The van der Waals surface area contributed by atoms with Crippen LogP contribution in [0.1, 0.15) is 22.0 Å². The van der Waals surface area contributed by atoms with Crippen molar-refractivity contribution in [2.24, 2.45) is 7.05 Å². The molecule has 0 aliphatic heterocycles. The molecule has 0 saturated carbocycles. The Morgan fingerprint density at radius 3 is 2.88 bits per heavy atom. The Morgan fingerprint density at radius 2 is 2.12 bits per heavy atom. The largest absolute Gasteiger partial charge is 0.484 e. The van der Waals surface area contributed by atoms with E-state index in [9.17, 15) is 4.79 Å². The first-order valence-corrected chi connectivity index (χ1v) is 8.16. The summed E-state index contributed by atoms with van der Waals surface area (Å²) < 4.78 is 12.8. The molecule has 0 N–H and O–H groups in total. The summed E-state index contributed by atoms with van der Waals surface area (Å²) in [4.78, 5) is 12.0. The maximum Gasteiger partial charge on any atom is 0.206 e. The molecule has 0 aliphatic rings. The second-order valence-corrected chi connectivity index (χ2v) is 6.00. The third-order valence-corrected chi connectivity index (χ3v) is 4.14. The van der Waals surface area contributed by atoms with Crippen molar-refractivity contribution in [1.82, 2.24) is 9.78 Å². The highest BCUT2D eigenvalue weighted by Gasteiger charge is 2.08. The van der Waals surface area contributed by atoms with Crippen molar-refractivity contribution in [1.29, 1.82) is 0 Å². The number of allylic oxidation sites excluding steroid dienone is 1. The first-order valence-electron chi connectivity index (χ1n) is 7.40. The molecule has 25 heavy (non-hydrogen) atoms. The van der Waals surface area contributed by atoms with Crippen molar-refractivity contribution >= 4 is 35.1 Å². The molecule has 0 aliphatic carbocycles. The lowest BCUT2D eigenvalue weighted by atomic mass is 10.2. The fourth-order valence-corrected chi connectivity index (χ4v) is 2.44. The first-order chi connectivity index (χ1) is 12.0. The molecule has 2 aromatic heterocycles. The summed E-state index contributed by atoms with van der Waals surface area (Å²) in [5, 5.41) is 4.83. The molecule has 0 saturated heterocycles. The van der Waals surface area contributed by atoms with E-state index in [4.69, 9.17) is 32.4 Å². The Bertz CT molecular complexity index is 928. The molecule has 1 aromatic carbocycles. The van der Waals surface area contributed by atoms with Crippen molar-refractivity contribution in [3.63, 3.8) is 0 Å². The highest BCUT2D eigenvalue weighted by molar-refractivity contribution is 6.42. The standard InChI is InChI=1S/C18H14Cl2N2O3/c1-22-10-9-15(21-22)16(23)8-7-12-5-6-13(25-12)11-24-17-4-2-3-14(19)18(17)20/h2-10H,11H2,1H3/b8-7+. The van der Waals surface area contributed by atoms with Crippen LogP contribution in [0.4, 0.5) is 0 Å². The Balaban J connectivity index is 1.61. The highest BCUT2D eigenvalue weighted by Crippen LogP contribution is 2.32. The summed E-state index contributed by atoms with van der Waals surface area (Å²) in [6.45, 7) is 0.197. The minimum absolute atomic E-state index is 0.194. The van der Waals surface area contributed by atoms with Gasteiger partial charge in [-0.15, -0.1) is 0 Å². The van der Waals surface area contributed by atoms with E-state index in [1.54, 1.807) is 60.4 Å². The Morgan fingerprint density at radius 1 is 1.28 bits per heavy atom. The average Bonchev–Trinajstić information content (AvgIpc) is 3.23. The predicted molar refractivity (Wildman–Crippen MR) is 96.1 cm³/mol. The number of ketones is 1. The summed E-state index contributed by atoms with van der Waals surface area (Å²) in [6.07, 6.45) is 4.72. The maximum absolute atomic E-state index is 12.0. The normalized spacial score (nSPS) is 11.2. The number of aryl methyl sites for hydroxylation is 1. The van der Waals surface area contributed by atoms with E-state index in [-0.39, 0.29) is 12.4 Å². The maximum atomic E-state index is 12.0. The Kier molecular flexibility index (Phi) is 5.26. The zero-order chi connectivity index (χ0) is 17.8. The van der Waals surface area contributed by atoms with Crippen molar-refractivity contribution in [2.75, 3.05) is 0 Å². The summed E-state index contributed by atoms with van der Waals surface area (Å²) in [5.74, 6) is 1.43. The van der Waals surface area contributed by atoms with Gasteiger partial charge in [-0.3, -0.25) is 9.48 Å². The molecule has 3 aromatic rings. The third kappa shape index (κ3) is 4.32. The number of carbonyl (C=O) groups is 1. The van der Waals surface area contributed by atoms with Gasteiger partial charge >= 0.3 is 0 Å². The number of rotatable bonds is 6. The van der Waals surface area contributed by atoms with E-state index >= 15 is 0 Å². The number of hydrogen-bond donors (Lipinski definition) is 0. The summed E-state index contributed by atoms with van der Waals surface area (Å²) in [7, 11) is 1.76. The number of nitrogens with zero attached hydrogens (tertiary/aromatic N) is 2. The fraction of sp³-hybridized carbons (Fsp3) is 0.111. The van der Waals surface area contributed by atoms with Gasteiger partial charge in [0, 0.05) is 13.2 Å². The van der Waals surface area contributed by atoms with Gasteiger partial charge in [-0.2, -0.15) is 5.10 Å². The van der Waals surface area contributed by atoms with Gasteiger partial charge in [-0.1, -0.05) is 29.3 Å². The minimum Gasteiger partial charge on any atom is -0.484 e. The van der Waals surface area contributed by atoms with Crippen LogP contribution in [0.25, 0.3) is 6.08 Å². The van der Waals surface area contributed by atoms with Gasteiger partial charge in [0.25, 0.3) is 0 Å². The lowest BCUT2D eigenvalue weighted by Crippen LogP contribution is -1.97. The average molecular weight is 377 g/mol. The van der Waals surface area contributed by atoms with Crippen LogP contribution in [0.3, 0.4) is 0 Å². The predicted octanol–water partition coefficient (Wildman–Crippen LogP) is 4.80. The quantitative estimate of drug-likeness (QED) is 0.458. The van der Waals surface area contributed by atoms with Gasteiger partial charge < -0.3 is 9.15 Å². The molecule has 0 spiro atoms. The lowest BCUT2D eigenvalue weighted by Gasteiger charge is -2.06. The zero-order valence-corrected chi connectivity index (χ0v) is 14.8. The first kappa shape index (κ1) is 17.3. The topological polar surface area (TPSA) is 57.3 Å². The van der Waals surface area contributed by atoms with Gasteiger partial charge in [-0.25, -0.2) is 0 Å².